The summed E-state index contributed by atoms with van der Waals surface area (Å²) in [5.74, 6) is -0.542. The van der Waals surface area contributed by atoms with Crippen LogP contribution in [0, 0.1) is 0 Å². The van der Waals surface area contributed by atoms with Gasteiger partial charge in [0.05, 0.1) is 0 Å². The van der Waals surface area contributed by atoms with E-state index >= 15 is 0 Å². The quantitative estimate of drug-likeness (QED) is 0.753. The fourth-order valence-electron chi connectivity index (χ4n) is 2.94. The Balaban J connectivity index is 1.56. The van der Waals surface area contributed by atoms with Gasteiger partial charge in [-0.1, -0.05) is 29.8 Å². The molecule has 24 heavy (non-hydrogen) atoms. The van der Waals surface area contributed by atoms with E-state index in [2.05, 4.69) is 10.4 Å². The maximum absolute atomic E-state index is 12.5. The van der Waals surface area contributed by atoms with Crippen molar-refractivity contribution in [3.05, 3.63) is 70.4 Å². The van der Waals surface area contributed by atoms with Crippen LogP contribution in [0.1, 0.15) is 26.4 Å². The van der Waals surface area contributed by atoms with Crippen molar-refractivity contribution in [3.63, 3.8) is 0 Å². The summed E-state index contributed by atoms with van der Waals surface area (Å²) in [6.07, 6.45) is 0.713. The number of carbonyl (C=O) groups is 2. The number of halogens is 1. The summed E-state index contributed by atoms with van der Waals surface area (Å²) in [6, 6.07) is 14.5. The highest BCUT2D eigenvalue weighted by Crippen LogP contribution is 2.21. The van der Waals surface area contributed by atoms with Crippen molar-refractivity contribution in [2.75, 3.05) is 6.54 Å². The number of aromatic amines is 1. The zero-order valence-corrected chi connectivity index (χ0v) is 13.4. The fraction of sp³-hybridized carbons (Fsp3) is 0.111. The van der Waals surface area contributed by atoms with Crippen LogP contribution in [-0.4, -0.2) is 28.4 Å². The van der Waals surface area contributed by atoms with E-state index in [4.69, 9.17) is 11.6 Å². The van der Waals surface area contributed by atoms with Gasteiger partial charge in [-0.25, -0.2) is 5.01 Å². The number of amides is 2. The third kappa shape index (κ3) is 2.53. The third-order valence-corrected chi connectivity index (χ3v) is 4.40. The molecule has 5 nitrogen and oxygen atoms in total. The molecule has 2 amide bonds. The Morgan fingerprint density at radius 3 is 2.88 bits per heavy atom. The molecule has 0 unspecified atom stereocenters. The van der Waals surface area contributed by atoms with E-state index in [1.54, 1.807) is 24.3 Å². The number of hydrogen-bond acceptors (Lipinski definition) is 2. The highest BCUT2D eigenvalue weighted by atomic mass is 35.5. The molecule has 3 aromatic rings. The van der Waals surface area contributed by atoms with Crippen LogP contribution >= 0.6 is 11.6 Å². The van der Waals surface area contributed by atoms with E-state index in [9.17, 15) is 9.59 Å². The van der Waals surface area contributed by atoms with Crippen LogP contribution in [0.2, 0.25) is 5.02 Å². The minimum absolute atomic E-state index is 0.190. The van der Waals surface area contributed by atoms with E-state index in [1.807, 2.05) is 24.3 Å². The van der Waals surface area contributed by atoms with E-state index in [0.717, 1.165) is 16.5 Å². The molecule has 4 rings (SSSR count). The molecule has 0 atom stereocenters. The second-order valence-electron chi connectivity index (χ2n) is 5.72. The Labute approximate surface area is 143 Å². The molecule has 1 aromatic heterocycles. The zero-order valence-electron chi connectivity index (χ0n) is 12.7. The highest BCUT2D eigenvalue weighted by Gasteiger charge is 2.25. The second-order valence-corrected chi connectivity index (χ2v) is 6.16. The van der Waals surface area contributed by atoms with Crippen molar-refractivity contribution >= 4 is 34.3 Å². The molecule has 2 heterocycles. The summed E-state index contributed by atoms with van der Waals surface area (Å²) in [7, 11) is 0. The van der Waals surface area contributed by atoms with Gasteiger partial charge in [0.25, 0.3) is 11.8 Å². The molecule has 2 N–H and O–H groups in total. The maximum atomic E-state index is 12.5. The SMILES string of the molecule is O=C(NN1CCc2ccccc2C1=O)c1cc2cc(Cl)ccc2[nH]1. The van der Waals surface area contributed by atoms with Crippen molar-refractivity contribution in [1.29, 1.82) is 0 Å². The Morgan fingerprint density at radius 1 is 1.17 bits per heavy atom. The molecule has 2 aromatic carbocycles. The van der Waals surface area contributed by atoms with Gasteiger partial charge in [0.15, 0.2) is 0 Å². The van der Waals surface area contributed by atoms with Crippen LogP contribution in [0.4, 0.5) is 0 Å². The van der Waals surface area contributed by atoms with Gasteiger partial charge >= 0.3 is 0 Å². The number of nitrogens with one attached hydrogen (secondary N) is 2. The second kappa shape index (κ2) is 5.69. The number of hydrazine groups is 1. The van der Waals surface area contributed by atoms with Crippen LogP contribution in [0.5, 0.6) is 0 Å². The Kier molecular flexibility index (Phi) is 3.50. The lowest BCUT2D eigenvalue weighted by molar-refractivity contribution is 0.0566. The molecular weight excluding hydrogens is 326 g/mol. The van der Waals surface area contributed by atoms with Crippen LogP contribution in [0.3, 0.4) is 0 Å². The molecular formula is C18H14ClN3O2. The van der Waals surface area contributed by atoms with E-state index in [-0.39, 0.29) is 11.8 Å². The molecule has 120 valence electrons. The Morgan fingerprint density at radius 2 is 2.00 bits per heavy atom. The lowest BCUT2D eigenvalue weighted by atomic mass is 10.0. The maximum Gasteiger partial charge on any atom is 0.286 e. The number of H-pyrrole nitrogens is 1. The van der Waals surface area contributed by atoms with Gasteiger partial charge < -0.3 is 4.98 Å². The van der Waals surface area contributed by atoms with Gasteiger partial charge in [0.2, 0.25) is 0 Å². The molecule has 0 aliphatic carbocycles. The summed E-state index contributed by atoms with van der Waals surface area (Å²) in [5.41, 5.74) is 5.53. The van der Waals surface area contributed by atoms with E-state index < -0.39 is 0 Å². The third-order valence-electron chi connectivity index (χ3n) is 4.16. The Hall–Kier alpha value is -2.79. The molecule has 0 saturated carbocycles. The number of nitrogens with zero attached hydrogens (tertiary/aromatic N) is 1. The zero-order chi connectivity index (χ0) is 16.7. The van der Waals surface area contributed by atoms with Crippen molar-refractivity contribution in [2.45, 2.75) is 6.42 Å². The number of carbonyl (C=O) groups excluding carboxylic acids is 2. The summed E-state index contributed by atoms with van der Waals surface area (Å²) >= 11 is 5.96. The van der Waals surface area contributed by atoms with Crippen LogP contribution in [-0.2, 0) is 6.42 Å². The number of rotatable bonds is 2. The van der Waals surface area contributed by atoms with Crippen molar-refractivity contribution in [1.82, 2.24) is 15.4 Å². The number of hydrogen-bond donors (Lipinski definition) is 2. The topological polar surface area (TPSA) is 65.2 Å². The molecule has 1 aliphatic rings. The van der Waals surface area contributed by atoms with E-state index in [1.165, 1.54) is 5.01 Å². The molecule has 0 radical (unpaired) electrons. The van der Waals surface area contributed by atoms with Crippen LogP contribution < -0.4 is 5.43 Å². The minimum atomic E-state index is -0.352. The summed E-state index contributed by atoms with van der Waals surface area (Å²) in [4.78, 5) is 28.0. The molecule has 1 aliphatic heterocycles. The normalized spacial score (nSPS) is 13.9. The minimum Gasteiger partial charge on any atom is -0.350 e. The smallest absolute Gasteiger partial charge is 0.286 e. The lowest BCUT2D eigenvalue weighted by Gasteiger charge is -2.28. The van der Waals surface area contributed by atoms with Gasteiger partial charge in [-0.3, -0.25) is 15.0 Å². The average Bonchev–Trinajstić information content (AvgIpc) is 3.01. The molecule has 6 heteroatoms. The fourth-order valence-corrected chi connectivity index (χ4v) is 3.12. The lowest BCUT2D eigenvalue weighted by Crippen LogP contribution is -2.49. The summed E-state index contributed by atoms with van der Waals surface area (Å²) in [6.45, 7) is 0.452. The largest absolute Gasteiger partial charge is 0.350 e. The van der Waals surface area contributed by atoms with Crippen LogP contribution in [0.25, 0.3) is 10.9 Å². The molecule has 0 fully saturated rings. The average molecular weight is 340 g/mol. The number of fused-ring (bicyclic) bond motifs is 2. The van der Waals surface area contributed by atoms with E-state index in [0.29, 0.717) is 29.2 Å². The van der Waals surface area contributed by atoms with Crippen molar-refractivity contribution in [2.24, 2.45) is 0 Å². The van der Waals surface area contributed by atoms with Gasteiger partial charge in [-0.15, -0.1) is 0 Å². The van der Waals surface area contributed by atoms with Gasteiger partial charge in [-0.2, -0.15) is 0 Å². The van der Waals surface area contributed by atoms with Crippen molar-refractivity contribution < 1.29 is 9.59 Å². The van der Waals surface area contributed by atoms with Gasteiger partial charge in [-0.05, 0) is 42.3 Å². The van der Waals surface area contributed by atoms with Crippen molar-refractivity contribution in [3.8, 4) is 0 Å². The summed E-state index contributed by atoms with van der Waals surface area (Å²) in [5, 5.41) is 2.82. The first-order chi connectivity index (χ1) is 11.6. The standard InChI is InChI=1S/C18H14ClN3O2/c19-13-5-6-15-12(9-13)10-16(20-15)17(23)21-22-8-7-11-3-1-2-4-14(11)18(22)24/h1-6,9-10,20H,7-8H2,(H,21,23). The highest BCUT2D eigenvalue weighted by molar-refractivity contribution is 6.31. The molecule has 0 saturated heterocycles. The van der Waals surface area contributed by atoms with Crippen LogP contribution in [0.15, 0.2) is 48.5 Å². The predicted octanol–water partition coefficient (Wildman–Crippen LogP) is 3.16. The first-order valence-electron chi connectivity index (χ1n) is 7.61. The number of benzene rings is 2. The number of aromatic nitrogens is 1. The molecule has 0 spiro atoms. The first kappa shape index (κ1) is 14.8. The Bertz CT molecular complexity index is 964. The first-order valence-corrected chi connectivity index (χ1v) is 7.98. The summed E-state index contributed by atoms with van der Waals surface area (Å²) < 4.78 is 0. The predicted molar refractivity (Wildman–Crippen MR) is 92.0 cm³/mol. The molecule has 0 bridgehead atoms. The van der Waals surface area contributed by atoms with Gasteiger partial charge in [0, 0.05) is 28.0 Å². The van der Waals surface area contributed by atoms with Gasteiger partial charge in [0.1, 0.15) is 5.69 Å². The monoisotopic (exact) mass is 339 g/mol.